The molecule has 10 N–H and O–H groups in total. The lowest BCUT2D eigenvalue weighted by Crippen LogP contribution is -2.68. The van der Waals surface area contributed by atoms with E-state index < -0.39 is 97.7 Å². The van der Waals surface area contributed by atoms with Gasteiger partial charge in [-0.2, -0.15) is 0 Å². The second kappa shape index (κ2) is 15.0. The Morgan fingerprint density at radius 2 is 1.29 bits per heavy atom. The SMILES string of the molecule is CC1(C)CC[C@]2(CO[C@@H]3O[C@H](CO)[C@H](O)[C@H](O)[C@H]3O)[C@H](O)C[C@]3(C)C(=CC[C@H]4[C@@]5(C)CC[C@@H](O[C@H]6O[C@H](CO)[C@H](O)[C@H](O)[C@H]6O)[C@](C)(CO)[C@H]5CC[C@@]43C)[C@H]2C1. The standard InChI is InChI=1S/C42H70O14/c1-37(2)13-14-42(20-53-35-33(51)31(49)29(47)23(17-43)54-35)22(15-37)21-7-8-26-38(3)11-10-28(56-36-34(52)32(50)30(48)24(18-44)55-36)39(4,19-45)25(38)9-12-40(26,5)41(21,6)16-27(42)46/h7,22-36,43-52H,8-20H2,1-6H3/t22-,23-,24-,25+,26+,27-,28-,29+,30+,31+,32+,33-,34-,35-,36-,38+,39-,40+,41-,42-/m1/s1. The molecule has 0 aromatic carbocycles. The van der Waals surface area contributed by atoms with Crippen LogP contribution in [0.4, 0.5) is 0 Å². The van der Waals surface area contributed by atoms with Crippen molar-refractivity contribution in [1.29, 1.82) is 0 Å². The quantitative estimate of drug-likeness (QED) is 0.120. The molecule has 0 spiro atoms. The molecule has 5 aliphatic carbocycles. The Morgan fingerprint density at radius 3 is 1.89 bits per heavy atom. The van der Waals surface area contributed by atoms with Gasteiger partial charge < -0.3 is 70.0 Å². The monoisotopic (exact) mass is 798 g/mol. The highest BCUT2D eigenvalue weighted by atomic mass is 16.7. The highest BCUT2D eigenvalue weighted by molar-refractivity contribution is 5.35. The summed E-state index contributed by atoms with van der Waals surface area (Å²) in [6.07, 6.45) is -5.99. The van der Waals surface area contributed by atoms with Crippen LogP contribution < -0.4 is 0 Å². The van der Waals surface area contributed by atoms with Gasteiger partial charge in [0, 0.05) is 10.8 Å². The second-order valence-electron chi connectivity index (χ2n) is 20.7. The van der Waals surface area contributed by atoms with Crippen LogP contribution in [0.1, 0.15) is 99.3 Å². The summed E-state index contributed by atoms with van der Waals surface area (Å²) in [4.78, 5) is 0. The number of aliphatic hydroxyl groups is 10. The number of ether oxygens (including phenoxy) is 4. The Balaban J connectivity index is 1.17. The predicted octanol–water partition coefficient (Wildman–Crippen LogP) is 0.733. The van der Waals surface area contributed by atoms with Gasteiger partial charge in [-0.3, -0.25) is 0 Å². The molecule has 14 heteroatoms. The molecule has 56 heavy (non-hydrogen) atoms. The maximum absolute atomic E-state index is 12.6. The topological polar surface area (TPSA) is 239 Å². The van der Waals surface area contributed by atoms with Crippen molar-refractivity contribution in [3.05, 3.63) is 11.6 Å². The minimum Gasteiger partial charge on any atom is -0.396 e. The molecule has 0 unspecified atom stereocenters. The van der Waals surface area contributed by atoms with Crippen molar-refractivity contribution < 1.29 is 70.0 Å². The third-order valence-electron chi connectivity index (χ3n) is 17.5. The van der Waals surface area contributed by atoms with Gasteiger partial charge in [0.2, 0.25) is 0 Å². The van der Waals surface area contributed by atoms with E-state index in [1.807, 2.05) is 6.92 Å². The van der Waals surface area contributed by atoms with Crippen molar-refractivity contribution in [1.82, 2.24) is 0 Å². The lowest BCUT2D eigenvalue weighted by atomic mass is 9.33. The Bertz CT molecular complexity index is 1460. The molecule has 20 atom stereocenters. The molecule has 2 aliphatic heterocycles. The third kappa shape index (κ3) is 6.34. The van der Waals surface area contributed by atoms with Crippen LogP contribution in [0.25, 0.3) is 0 Å². The number of hydrogen-bond acceptors (Lipinski definition) is 14. The Kier molecular flexibility index (Phi) is 11.6. The van der Waals surface area contributed by atoms with Crippen LogP contribution in [0, 0.1) is 50.2 Å². The molecule has 0 aromatic heterocycles. The van der Waals surface area contributed by atoms with Gasteiger partial charge in [0.05, 0.1) is 38.6 Å². The highest BCUT2D eigenvalue weighted by Gasteiger charge is 2.71. The summed E-state index contributed by atoms with van der Waals surface area (Å²) in [6.45, 7) is 12.5. The van der Waals surface area contributed by atoms with Crippen molar-refractivity contribution in [3.8, 4) is 0 Å². The van der Waals surface area contributed by atoms with Crippen molar-refractivity contribution >= 4 is 0 Å². The average Bonchev–Trinajstić information content (AvgIpc) is 3.15. The van der Waals surface area contributed by atoms with Gasteiger partial charge in [-0.15, -0.1) is 0 Å². The van der Waals surface area contributed by atoms with Crippen LogP contribution >= 0.6 is 0 Å². The first-order valence-corrected chi connectivity index (χ1v) is 21.1. The van der Waals surface area contributed by atoms with E-state index >= 15 is 0 Å². The van der Waals surface area contributed by atoms with E-state index in [-0.39, 0.29) is 52.6 Å². The summed E-state index contributed by atoms with van der Waals surface area (Å²) in [5.74, 6) is 0.218. The third-order valence-corrected chi connectivity index (χ3v) is 17.5. The number of hydrogen-bond donors (Lipinski definition) is 10. The molecule has 2 heterocycles. The Morgan fingerprint density at radius 1 is 0.679 bits per heavy atom. The van der Waals surface area contributed by atoms with Gasteiger partial charge >= 0.3 is 0 Å². The zero-order valence-electron chi connectivity index (χ0n) is 34.0. The summed E-state index contributed by atoms with van der Waals surface area (Å²) in [5, 5.41) is 107. The summed E-state index contributed by atoms with van der Waals surface area (Å²) >= 11 is 0. The van der Waals surface area contributed by atoms with Crippen LogP contribution in [0.5, 0.6) is 0 Å². The number of fused-ring (bicyclic) bond motifs is 7. The summed E-state index contributed by atoms with van der Waals surface area (Å²) in [7, 11) is 0. The van der Waals surface area contributed by atoms with Crippen molar-refractivity contribution in [2.45, 2.75) is 173 Å². The first-order chi connectivity index (χ1) is 26.2. The first kappa shape index (κ1) is 43.3. The fourth-order valence-corrected chi connectivity index (χ4v) is 13.7. The van der Waals surface area contributed by atoms with Crippen molar-refractivity contribution in [2.24, 2.45) is 50.2 Å². The second-order valence-corrected chi connectivity index (χ2v) is 20.7. The van der Waals surface area contributed by atoms with E-state index in [1.54, 1.807) is 0 Å². The van der Waals surface area contributed by atoms with Gasteiger partial charge in [-0.1, -0.05) is 53.2 Å². The zero-order valence-corrected chi connectivity index (χ0v) is 34.0. The van der Waals surface area contributed by atoms with E-state index in [2.05, 4.69) is 40.7 Å². The predicted molar refractivity (Wildman–Crippen MR) is 200 cm³/mol. The van der Waals surface area contributed by atoms with Gasteiger partial charge in [0.1, 0.15) is 48.8 Å². The molecule has 0 bridgehead atoms. The molecule has 0 radical (unpaired) electrons. The van der Waals surface area contributed by atoms with E-state index in [1.165, 1.54) is 5.57 Å². The van der Waals surface area contributed by atoms with E-state index in [9.17, 15) is 51.1 Å². The first-order valence-electron chi connectivity index (χ1n) is 21.1. The average molecular weight is 799 g/mol. The molecule has 0 aromatic rings. The van der Waals surface area contributed by atoms with Gasteiger partial charge in [-0.05, 0) is 97.2 Å². The van der Waals surface area contributed by atoms with E-state index in [0.717, 1.165) is 38.5 Å². The fourth-order valence-electron chi connectivity index (χ4n) is 13.7. The van der Waals surface area contributed by atoms with Crippen molar-refractivity contribution in [2.75, 3.05) is 26.4 Å². The minimum absolute atomic E-state index is 0.000215. The van der Waals surface area contributed by atoms with Crippen LogP contribution in [0.2, 0.25) is 0 Å². The van der Waals surface area contributed by atoms with Crippen LogP contribution in [-0.4, -0.2) is 151 Å². The van der Waals surface area contributed by atoms with Crippen LogP contribution in [0.3, 0.4) is 0 Å². The molecular weight excluding hydrogens is 728 g/mol. The maximum atomic E-state index is 12.6. The molecule has 7 aliphatic rings. The maximum Gasteiger partial charge on any atom is 0.186 e. The normalized spacial score (nSPS) is 55.6. The molecule has 4 saturated carbocycles. The van der Waals surface area contributed by atoms with Gasteiger partial charge in [0.15, 0.2) is 12.6 Å². The molecule has 0 amide bonds. The molecule has 6 fully saturated rings. The Hall–Kier alpha value is -0.820. The molecule has 7 rings (SSSR count). The minimum atomic E-state index is -1.56. The number of allylic oxidation sites excluding steroid dienone is 2. The lowest BCUT2D eigenvalue weighted by Gasteiger charge is -2.72. The van der Waals surface area contributed by atoms with E-state index in [0.29, 0.717) is 19.3 Å². The van der Waals surface area contributed by atoms with Crippen LogP contribution in [-0.2, 0) is 18.9 Å². The smallest absolute Gasteiger partial charge is 0.186 e. The summed E-state index contributed by atoms with van der Waals surface area (Å²) < 4.78 is 24.2. The summed E-state index contributed by atoms with van der Waals surface area (Å²) in [5.41, 5.74) is -0.863. The molecular formula is C42H70O14. The molecule has 14 nitrogen and oxygen atoms in total. The van der Waals surface area contributed by atoms with Crippen molar-refractivity contribution in [3.63, 3.8) is 0 Å². The largest absolute Gasteiger partial charge is 0.396 e. The van der Waals surface area contributed by atoms with E-state index in [4.69, 9.17) is 18.9 Å². The van der Waals surface area contributed by atoms with Gasteiger partial charge in [0.25, 0.3) is 0 Å². The highest BCUT2D eigenvalue weighted by Crippen LogP contribution is 2.76. The summed E-state index contributed by atoms with van der Waals surface area (Å²) in [6, 6.07) is 0. The number of aliphatic hydroxyl groups excluding tert-OH is 10. The molecule has 2 saturated heterocycles. The van der Waals surface area contributed by atoms with Gasteiger partial charge in [-0.25, -0.2) is 0 Å². The Labute approximate surface area is 330 Å². The zero-order chi connectivity index (χ0) is 41.0. The molecule has 322 valence electrons. The number of rotatable bonds is 8. The fraction of sp³-hybridized carbons (Fsp3) is 0.952. The lowest BCUT2D eigenvalue weighted by molar-refractivity contribution is -0.333. The van der Waals surface area contributed by atoms with Crippen LogP contribution in [0.15, 0.2) is 11.6 Å².